The summed E-state index contributed by atoms with van der Waals surface area (Å²) in [6, 6.07) is 10.9. The first-order chi connectivity index (χ1) is 19.7. The summed E-state index contributed by atoms with van der Waals surface area (Å²) < 4.78 is 30.5. The Hall–Kier alpha value is -4.55. The van der Waals surface area contributed by atoms with Crippen molar-refractivity contribution in [1.29, 1.82) is 0 Å². The Labute approximate surface area is 242 Å². The minimum Gasteiger partial charge on any atom is -0.493 e. The molecule has 4 aromatic rings. The van der Waals surface area contributed by atoms with E-state index in [1.54, 1.807) is 44.2 Å². The molecular formula is C27H21Cl2FN6O5. The van der Waals surface area contributed by atoms with E-state index < -0.39 is 23.8 Å². The zero-order valence-electron chi connectivity index (χ0n) is 21.6. The molecule has 5 rings (SSSR count). The number of ether oxygens (including phenoxy) is 2. The van der Waals surface area contributed by atoms with Crippen LogP contribution >= 0.6 is 23.2 Å². The quantitative estimate of drug-likeness (QED) is 0.296. The lowest BCUT2D eigenvalue weighted by Crippen LogP contribution is -2.42. The molecule has 14 heteroatoms. The van der Waals surface area contributed by atoms with Crippen LogP contribution in [0.4, 0.5) is 10.1 Å². The number of hydrogen-bond acceptors (Lipinski definition) is 9. The van der Waals surface area contributed by atoms with Crippen LogP contribution in [0.1, 0.15) is 40.1 Å². The number of nitrogens with zero attached hydrogens (tertiary/aromatic N) is 4. The van der Waals surface area contributed by atoms with E-state index in [2.05, 4.69) is 30.8 Å². The minimum atomic E-state index is -1.47. The Morgan fingerprint density at radius 3 is 2.76 bits per heavy atom. The van der Waals surface area contributed by atoms with E-state index in [0.717, 1.165) is 12.3 Å². The van der Waals surface area contributed by atoms with E-state index in [1.807, 2.05) is 0 Å². The number of benzodiazepines with no additional fused rings is 1. The summed E-state index contributed by atoms with van der Waals surface area (Å²) in [6.45, 7) is 3.49. The Bertz CT molecular complexity index is 1680. The SMILES string of the molecule is CCOc1cc(Cl)cc(Cl)c1C1=NC(NC(=O)c2cc(F)cnc2OCc2nc(C)no2)C(=O)Nc2ccccc21. The molecule has 2 aromatic carbocycles. The van der Waals surface area contributed by atoms with Crippen molar-refractivity contribution in [3.8, 4) is 11.6 Å². The van der Waals surface area contributed by atoms with Crippen LogP contribution in [-0.2, 0) is 11.4 Å². The van der Waals surface area contributed by atoms with E-state index in [9.17, 15) is 14.0 Å². The molecule has 2 amide bonds. The standard InChI is InChI=1S/C27H21Cl2FN6O5/c1-3-39-20-9-14(28)8-18(29)22(20)23-16-6-4-5-7-19(16)33-26(38)24(34-23)35-25(37)17-10-15(30)11-31-27(17)40-12-21-32-13(2)36-41-21/h4-11,24H,3,12H2,1-2H3,(H,33,38)(H,35,37). The number of para-hydroxylation sites is 1. The summed E-state index contributed by atoms with van der Waals surface area (Å²) in [7, 11) is 0. The van der Waals surface area contributed by atoms with Crippen molar-refractivity contribution in [2.75, 3.05) is 11.9 Å². The number of aliphatic imine (C=N–C) groups is 1. The van der Waals surface area contributed by atoms with Gasteiger partial charge in [0.1, 0.15) is 17.1 Å². The number of nitrogens with one attached hydrogen (secondary N) is 2. The Morgan fingerprint density at radius 1 is 1.20 bits per heavy atom. The topological polar surface area (TPSA) is 141 Å². The van der Waals surface area contributed by atoms with Crippen molar-refractivity contribution in [1.82, 2.24) is 20.4 Å². The first kappa shape index (κ1) is 28.0. The lowest BCUT2D eigenvalue weighted by molar-refractivity contribution is -0.117. The number of pyridine rings is 1. The average Bonchev–Trinajstić information content (AvgIpc) is 3.30. The lowest BCUT2D eigenvalue weighted by Gasteiger charge is -2.17. The third-order valence-electron chi connectivity index (χ3n) is 5.73. The van der Waals surface area contributed by atoms with Gasteiger partial charge >= 0.3 is 0 Å². The molecule has 2 N–H and O–H groups in total. The van der Waals surface area contributed by atoms with Gasteiger partial charge in [-0.05, 0) is 38.1 Å². The molecule has 0 spiro atoms. The third-order valence-corrected chi connectivity index (χ3v) is 6.25. The summed E-state index contributed by atoms with van der Waals surface area (Å²) >= 11 is 12.8. The normalized spacial score (nSPS) is 14.4. The van der Waals surface area contributed by atoms with Crippen LogP contribution in [0, 0.1) is 12.7 Å². The van der Waals surface area contributed by atoms with Crippen LogP contribution in [0.3, 0.4) is 0 Å². The fourth-order valence-electron chi connectivity index (χ4n) is 4.04. The molecule has 0 fully saturated rings. The third kappa shape index (κ3) is 6.13. The van der Waals surface area contributed by atoms with Crippen molar-refractivity contribution in [3.63, 3.8) is 0 Å². The maximum Gasteiger partial charge on any atom is 0.269 e. The number of anilines is 1. The van der Waals surface area contributed by atoms with E-state index in [1.165, 1.54) is 6.07 Å². The molecule has 1 unspecified atom stereocenters. The van der Waals surface area contributed by atoms with E-state index in [0.29, 0.717) is 40.0 Å². The molecule has 1 atom stereocenters. The highest BCUT2D eigenvalue weighted by molar-refractivity contribution is 6.39. The van der Waals surface area contributed by atoms with Gasteiger partial charge in [-0.15, -0.1) is 0 Å². The maximum atomic E-state index is 14.2. The molecule has 0 aliphatic carbocycles. The number of hydrogen-bond donors (Lipinski definition) is 2. The van der Waals surface area contributed by atoms with Gasteiger partial charge in [0.25, 0.3) is 17.7 Å². The molecule has 2 aromatic heterocycles. The van der Waals surface area contributed by atoms with Crippen molar-refractivity contribution in [2.45, 2.75) is 26.6 Å². The van der Waals surface area contributed by atoms with Crippen LogP contribution in [0.25, 0.3) is 0 Å². The molecule has 0 bridgehead atoms. The van der Waals surface area contributed by atoms with Crippen LogP contribution < -0.4 is 20.1 Å². The number of carbonyl (C=O) groups is 2. The predicted octanol–water partition coefficient (Wildman–Crippen LogP) is 4.74. The number of rotatable bonds is 8. The average molecular weight is 599 g/mol. The highest BCUT2D eigenvalue weighted by Gasteiger charge is 2.31. The molecule has 1 aliphatic rings. The molecule has 0 saturated heterocycles. The number of fused-ring (bicyclic) bond motifs is 1. The lowest BCUT2D eigenvalue weighted by atomic mass is 9.99. The highest BCUT2D eigenvalue weighted by atomic mass is 35.5. The van der Waals surface area contributed by atoms with Gasteiger partial charge in [-0.25, -0.2) is 14.4 Å². The van der Waals surface area contributed by atoms with Gasteiger partial charge in [0.2, 0.25) is 12.0 Å². The fourth-order valence-corrected chi connectivity index (χ4v) is 4.60. The number of aromatic nitrogens is 3. The van der Waals surface area contributed by atoms with Gasteiger partial charge in [0.15, 0.2) is 12.4 Å². The molecule has 41 heavy (non-hydrogen) atoms. The van der Waals surface area contributed by atoms with Gasteiger partial charge in [0, 0.05) is 10.6 Å². The fraction of sp³-hybridized carbons (Fsp3) is 0.185. The van der Waals surface area contributed by atoms with Crippen LogP contribution in [0.2, 0.25) is 10.0 Å². The zero-order valence-corrected chi connectivity index (χ0v) is 23.1. The van der Waals surface area contributed by atoms with Crippen LogP contribution in [0.5, 0.6) is 11.6 Å². The highest BCUT2D eigenvalue weighted by Crippen LogP contribution is 2.36. The van der Waals surface area contributed by atoms with Crippen LogP contribution in [0.15, 0.2) is 58.2 Å². The predicted molar refractivity (Wildman–Crippen MR) is 147 cm³/mol. The summed E-state index contributed by atoms with van der Waals surface area (Å²) in [4.78, 5) is 39.1. The summed E-state index contributed by atoms with van der Waals surface area (Å²) in [5.74, 6) is -1.71. The second-order valence-corrected chi connectivity index (χ2v) is 9.46. The Balaban J connectivity index is 1.52. The number of aryl methyl sites for hydroxylation is 1. The first-order valence-corrected chi connectivity index (χ1v) is 13.0. The van der Waals surface area contributed by atoms with E-state index in [4.69, 9.17) is 37.2 Å². The molecular weight excluding hydrogens is 578 g/mol. The van der Waals surface area contributed by atoms with Crippen molar-refractivity contribution in [3.05, 3.63) is 92.9 Å². The number of amides is 2. The minimum absolute atomic E-state index is 0.125. The van der Waals surface area contributed by atoms with Gasteiger partial charge < -0.3 is 24.6 Å². The molecule has 0 radical (unpaired) electrons. The van der Waals surface area contributed by atoms with Gasteiger partial charge in [-0.3, -0.25) is 9.59 Å². The maximum absolute atomic E-state index is 14.2. The van der Waals surface area contributed by atoms with Gasteiger partial charge in [0.05, 0.1) is 34.8 Å². The largest absolute Gasteiger partial charge is 0.493 e. The second-order valence-electron chi connectivity index (χ2n) is 8.61. The molecule has 210 valence electrons. The van der Waals surface area contributed by atoms with E-state index >= 15 is 0 Å². The zero-order chi connectivity index (χ0) is 29.1. The van der Waals surface area contributed by atoms with Gasteiger partial charge in [-0.1, -0.05) is 46.6 Å². The number of halogens is 3. The molecule has 3 heterocycles. The monoisotopic (exact) mass is 598 g/mol. The summed E-state index contributed by atoms with van der Waals surface area (Å²) in [5.41, 5.74) is 1.29. The van der Waals surface area contributed by atoms with Crippen molar-refractivity contribution < 1.29 is 28.0 Å². The van der Waals surface area contributed by atoms with Crippen molar-refractivity contribution in [2.24, 2.45) is 4.99 Å². The Morgan fingerprint density at radius 2 is 2.00 bits per heavy atom. The van der Waals surface area contributed by atoms with Crippen LogP contribution in [-0.4, -0.2) is 45.4 Å². The van der Waals surface area contributed by atoms with Gasteiger partial charge in [-0.2, -0.15) is 4.98 Å². The number of carbonyl (C=O) groups excluding carboxylic acids is 2. The Kier molecular flexibility index (Phi) is 8.13. The molecule has 11 nitrogen and oxygen atoms in total. The molecule has 1 aliphatic heterocycles. The molecule has 0 saturated carbocycles. The summed E-state index contributed by atoms with van der Waals surface area (Å²) in [5, 5.41) is 9.50. The first-order valence-electron chi connectivity index (χ1n) is 12.2. The number of benzene rings is 2. The van der Waals surface area contributed by atoms with E-state index in [-0.39, 0.29) is 34.7 Å². The smallest absolute Gasteiger partial charge is 0.269 e. The summed E-state index contributed by atoms with van der Waals surface area (Å²) in [6.07, 6.45) is -0.588. The van der Waals surface area contributed by atoms with Crippen molar-refractivity contribution >= 4 is 46.4 Å². The second kappa shape index (κ2) is 11.9.